The van der Waals surface area contributed by atoms with Crippen molar-refractivity contribution in [1.29, 1.82) is 0 Å². The van der Waals surface area contributed by atoms with Crippen LogP contribution in [0.25, 0.3) is 0 Å². The summed E-state index contributed by atoms with van der Waals surface area (Å²) >= 11 is 0. The van der Waals surface area contributed by atoms with Gasteiger partial charge in [0.05, 0.1) is 17.6 Å². The first-order chi connectivity index (χ1) is 12.1. The summed E-state index contributed by atoms with van der Waals surface area (Å²) in [5.41, 5.74) is 0.139. The van der Waals surface area contributed by atoms with Crippen molar-refractivity contribution in [2.24, 2.45) is 0 Å². The van der Waals surface area contributed by atoms with Gasteiger partial charge in [-0.1, -0.05) is 0 Å². The third kappa shape index (κ3) is 6.32. The third-order valence-electron chi connectivity index (χ3n) is 4.02. The molecule has 154 valence electrons. The highest BCUT2D eigenvalue weighted by Crippen LogP contribution is 2.25. The second kappa shape index (κ2) is 9.69. The van der Waals surface area contributed by atoms with E-state index < -0.39 is 34.8 Å². The number of hydrogen-bond donors (Lipinski definition) is 2. The Morgan fingerprint density at radius 2 is 1.81 bits per heavy atom. The van der Waals surface area contributed by atoms with Gasteiger partial charge in [-0.25, -0.2) is 17.9 Å². The van der Waals surface area contributed by atoms with Crippen LogP contribution in [0.2, 0.25) is 0 Å². The fourth-order valence-corrected chi connectivity index (χ4v) is 3.64. The van der Waals surface area contributed by atoms with E-state index in [2.05, 4.69) is 10.1 Å². The lowest BCUT2D eigenvalue weighted by Gasteiger charge is -2.35. The molecule has 2 rings (SSSR count). The van der Waals surface area contributed by atoms with E-state index in [0.29, 0.717) is 13.1 Å². The highest BCUT2D eigenvalue weighted by atomic mass is 35.5. The summed E-state index contributed by atoms with van der Waals surface area (Å²) in [5, 5.41) is 2.95. The van der Waals surface area contributed by atoms with Gasteiger partial charge in [0.2, 0.25) is 10.0 Å². The molecular formula is C15H21ClF3N3O4S. The van der Waals surface area contributed by atoms with Crippen LogP contribution in [0.5, 0.6) is 0 Å². The Labute approximate surface area is 161 Å². The number of nitrogens with zero attached hydrogens (tertiary/aromatic N) is 1. The van der Waals surface area contributed by atoms with Crippen molar-refractivity contribution in [3.8, 4) is 0 Å². The van der Waals surface area contributed by atoms with Gasteiger partial charge in [0.15, 0.2) is 0 Å². The van der Waals surface area contributed by atoms with Crippen LogP contribution >= 0.6 is 12.4 Å². The minimum Gasteiger partial charge on any atom is -0.465 e. The molecular weight excluding hydrogens is 411 g/mol. The van der Waals surface area contributed by atoms with Gasteiger partial charge in [0.25, 0.3) is 0 Å². The highest BCUT2D eigenvalue weighted by Gasteiger charge is 2.44. The standard InChI is InChI=1S/C15H20F3N3O4S.ClH/c1-25-14(22)11-2-4-12(5-3-11)26(23,24)20-10-13(15(16,17)18)21-8-6-19-7-9-21;/h2-5,13,19-20H,6-10H2,1H3;1H. The van der Waals surface area contributed by atoms with Crippen molar-refractivity contribution in [2.75, 3.05) is 39.8 Å². The van der Waals surface area contributed by atoms with Gasteiger partial charge in [0, 0.05) is 32.7 Å². The van der Waals surface area contributed by atoms with Crippen LogP contribution in [-0.2, 0) is 14.8 Å². The number of methoxy groups -OCH3 is 1. The quantitative estimate of drug-likeness (QED) is 0.654. The average Bonchev–Trinajstić information content (AvgIpc) is 2.61. The van der Waals surface area contributed by atoms with Crippen LogP contribution in [0, 0.1) is 0 Å². The Hall–Kier alpha value is -1.40. The van der Waals surface area contributed by atoms with E-state index in [1.54, 1.807) is 0 Å². The molecule has 0 aromatic heterocycles. The van der Waals surface area contributed by atoms with Crippen molar-refractivity contribution in [2.45, 2.75) is 17.1 Å². The van der Waals surface area contributed by atoms with Crippen LogP contribution in [0.1, 0.15) is 10.4 Å². The topological polar surface area (TPSA) is 87.7 Å². The van der Waals surface area contributed by atoms with Crippen LogP contribution < -0.4 is 10.0 Å². The Morgan fingerprint density at radius 3 is 2.30 bits per heavy atom. The number of halogens is 4. The zero-order valence-electron chi connectivity index (χ0n) is 14.5. The van der Waals surface area contributed by atoms with Gasteiger partial charge in [-0.2, -0.15) is 13.2 Å². The fourth-order valence-electron chi connectivity index (χ4n) is 2.61. The predicted octanol–water partition coefficient (Wildman–Crippen LogP) is 1.01. The first-order valence-corrected chi connectivity index (χ1v) is 9.33. The van der Waals surface area contributed by atoms with E-state index in [0.717, 1.165) is 12.1 Å². The molecule has 0 bridgehead atoms. The van der Waals surface area contributed by atoms with Gasteiger partial charge in [-0.3, -0.25) is 4.90 Å². The first kappa shape index (κ1) is 23.6. The number of carbonyl (C=O) groups excluding carboxylic acids is 1. The molecule has 12 heteroatoms. The fraction of sp³-hybridized carbons (Fsp3) is 0.533. The number of carbonyl (C=O) groups is 1. The zero-order valence-corrected chi connectivity index (χ0v) is 16.1. The minimum atomic E-state index is -4.56. The lowest BCUT2D eigenvalue weighted by atomic mass is 10.2. The van der Waals surface area contributed by atoms with E-state index >= 15 is 0 Å². The monoisotopic (exact) mass is 431 g/mol. The Kier molecular flexibility index (Phi) is 8.48. The number of piperazine rings is 1. The van der Waals surface area contributed by atoms with E-state index in [9.17, 15) is 26.4 Å². The molecule has 1 saturated heterocycles. The molecule has 1 heterocycles. The molecule has 1 unspecified atom stereocenters. The van der Waals surface area contributed by atoms with Crippen molar-refractivity contribution in [3.63, 3.8) is 0 Å². The zero-order chi connectivity index (χ0) is 19.4. The number of ether oxygens (including phenoxy) is 1. The molecule has 2 N–H and O–H groups in total. The molecule has 0 amide bonds. The largest absolute Gasteiger partial charge is 0.465 e. The lowest BCUT2D eigenvalue weighted by molar-refractivity contribution is -0.182. The molecule has 0 radical (unpaired) electrons. The van der Waals surface area contributed by atoms with E-state index in [4.69, 9.17) is 0 Å². The summed E-state index contributed by atoms with van der Waals surface area (Å²) in [6.07, 6.45) is -4.56. The van der Waals surface area contributed by atoms with Crippen LogP contribution in [0.15, 0.2) is 29.2 Å². The van der Waals surface area contributed by atoms with Gasteiger partial charge >= 0.3 is 12.1 Å². The minimum absolute atomic E-state index is 0. The SMILES string of the molecule is COC(=O)c1ccc(S(=O)(=O)NCC(N2CCNCC2)C(F)(F)F)cc1.Cl. The van der Waals surface area contributed by atoms with E-state index in [-0.39, 0.29) is 36.0 Å². The molecule has 0 aliphatic carbocycles. The highest BCUT2D eigenvalue weighted by molar-refractivity contribution is 7.89. The molecule has 1 aromatic carbocycles. The molecule has 1 aliphatic heterocycles. The summed E-state index contributed by atoms with van der Waals surface area (Å²) in [4.78, 5) is 12.3. The summed E-state index contributed by atoms with van der Waals surface area (Å²) in [6.45, 7) is 0.396. The Bertz CT molecular complexity index is 723. The van der Waals surface area contributed by atoms with Crippen molar-refractivity contribution in [3.05, 3.63) is 29.8 Å². The molecule has 1 fully saturated rings. The molecule has 27 heavy (non-hydrogen) atoms. The van der Waals surface area contributed by atoms with E-state index in [1.165, 1.54) is 24.1 Å². The number of sulfonamides is 1. The molecule has 1 atom stereocenters. The molecule has 1 aliphatic rings. The average molecular weight is 432 g/mol. The number of benzene rings is 1. The molecule has 0 saturated carbocycles. The first-order valence-electron chi connectivity index (χ1n) is 7.84. The van der Waals surface area contributed by atoms with Crippen molar-refractivity contribution < 1.29 is 31.1 Å². The van der Waals surface area contributed by atoms with Gasteiger partial charge < -0.3 is 10.1 Å². The normalized spacial score (nSPS) is 17.0. The maximum absolute atomic E-state index is 13.3. The summed E-state index contributed by atoms with van der Waals surface area (Å²) in [5.74, 6) is -0.641. The van der Waals surface area contributed by atoms with Crippen LogP contribution in [-0.4, -0.2) is 71.3 Å². The smallest absolute Gasteiger partial charge is 0.405 e. The number of hydrogen-bond acceptors (Lipinski definition) is 6. The molecule has 0 spiro atoms. The maximum atomic E-state index is 13.3. The second-order valence-electron chi connectivity index (χ2n) is 5.71. The Morgan fingerprint density at radius 1 is 1.26 bits per heavy atom. The number of rotatable bonds is 6. The van der Waals surface area contributed by atoms with Gasteiger partial charge in [0.1, 0.15) is 6.04 Å². The summed E-state index contributed by atoms with van der Waals surface area (Å²) in [7, 11) is -2.97. The van der Waals surface area contributed by atoms with Crippen LogP contribution in [0.3, 0.4) is 0 Å². The van der Waals surface area contributed by atoms with Crippen molar-refractivity contribution in [1.82, 2.24) is 14.9 Å². The van der Waals surface area contributed by atoms with Gasteiger partial charge in [-0.15, -0.1) is 12.4 Å². The third-order valence-corrected chi connectivity index (χ3v) is 5.46. The number of nitrogens with one attached hydrogen (secondary N) is 2. The maximum Gasteiger partial charge on any atom is 0.405 e. The number of alkyl halides is 3. The number of esters is 1. The van der Waals surface area contributed by atoms with E-state index in [1.807, 2.05) is 4.72 Å². The van der Waals surface area contributed by atoms with Crippen LogP contribution in [0.4, 0.5) is 13.2 Å². The lowest BCUT2D eigenvalue weighted by Crippen LogP contribution is -2.57. The molecule has 1 aromatic rings. The van der Waals surface area contributed by atoms with Crippen molar-refractivity contribution >= 4 is 28.4 Å². The predicted molar refractivity (Wildman–Crippen MR) is 94.5 cm³/mol. The summed E-state index contributed by atoms with van der Waals surface area (Å²) < 4.78 is 71.0. The summed E-state index contributed by atoms with van der Waals surface area (Å²) in [6, 6.07) is 2.84. The van der Waals surface area contributed by atoms with Gasteiger partial charge in [-0.05, 0) is 24.3 Å². The molecule has 7 nitrogen and oxygen atoms in total. The Balaban J connectivity index is 0.00000364. The second-order valence-corrected chi connectivity index (χ2v) is 7.48.